The summed E-state index contributed by atoms with van der Waals surface area (Å²) in [5, 5.41) is 0. The second-order valence-electron chi connectivity index (χ2n) is 7.42. The van der Waals surface area contributed by atoms with Gasteiger partial charge < -0.3 is 19.3 Å². The molecular formula is C23H26N2O4. The molecule has 0 bridgehead atoms. The largest absolute Gasteiger partial charge is 0.491 e. The summed E-state index contributed by atoms with van der Waals surface area (Å²) >= 11 is 0. The molecule has 0 radical (unpaired) electrons. The lowest BCUT2D eigenvalue weighted by Crippen LogP contribution is -2.50. The van der Waals surface area contributed by atoms with E-state index in [2.05, 4.69) is 0 Å². The van der Waals surface area contributed by atoms with Gasteiger partial charge in [0.05, 0.1) is 6.10 Å². The van der Waals surface area contributed by atoms with Crippen LogP contribution in [0.15, 0.2) is 54.6 Å². The highest BCUT2D eigenvalue weighted by atomic mass is 16.5. The van der Waals surface area contributed by atoms with Gasteiger partial charge >= 0.3 is 0 Å². The average Bonchev–Trinajstić information content (AvgIpc) is 3.31. The van der Waals surface area contributed by atoms with Crippen LogP contribution >= 0.6 is 0 Å². The molecule has 29 heavy (non-hydrogen) atoms. The van der Waals surface area contributed by atoms with Crippen LogP contribution in [0.2, 0.25) is 0 Å². The molecule has 2 heterocycles. The fourth-order valence-corrected chi connectivity index (χ4v) is 3.72. The number of ether oxygens (including phenoxy) is 2. The van der Waals surface area contributed by atoms with Crippen LogP contribution in [-0.2, 0) is 4.74 Å². The second-order valence-corrected chi connectivity index (χ2v) is 7.42. The molecule has 2 aliphatic heterocycles. The smallest absolute Gasteiger partial charge is 0.253 e. The van der Waals surface area contributed by atoms with Crippen LogP contribution in [-0.4, -0.2) is 67.1 Å². The fourth-order valence-electron chi connectivity index (χ4n) is 3.72. The van der Waals surface area contributed by atoms with Gasteiger partial charge in [0.2, 0.25) is 0 Å². The minimum atomic E-state index is -0.0116. The van der Waals surface area contributed by atoms with E-state index in [1.54, 1.807) is 21.9 Å². The number of carbonyl (C=O) groups is 2. The topological polar surface area (TPSA) is 59.1 Å². The maximum atomic E-state index is 12.8. The van der Waals surface area contributed by atoms with Gasteiger partial charge in [-0.05, 0) is 49.2 Å². The van der Waals surface area contributed by atoms with Crippen LogP contribution in [0.4, 0.5) is 0 Å². The Morgan fingerprint density at radius 1 is 0.862 bits per heavy atom. The van der Waals surface area contributed by atoms with E-state index in [1.165, 1.54) is 0 Å². The zero-order valence-electron chi connectivity index (χ0n) is 16.5. The number of amides is 2. The maximum Gasteiger partial charge on any atom is 0.253 e. The van der Waals surface area contributed by atoms with Gasteiger partial charge in [0, 0.05) is 43.9 Å². The molecule has 152 valence electrons. The van der Waals surface area contributed by atoms with E-state index < -0.39 is 0 Å². The van der Waals surface area contributed by atoms with Gasteiger partial charge in [0.1, 0.15) is 12.4 Å². The van der Waals surface area contributed by atoms with Gasteiger partial charge in [-0.2, -0.15) is 0 Å². The third kappa shape index (κ3) is 4.77. The highest BCUT2D eigenvalue weighted by Crippen LogP contribution is 2.18. The zero-order valence-corrected chi connectivity index (χ0v) is 16.5. The van der Waals surface area contributed by atoms with Crippen molar-refractivity contribution in [3.8, 4) is 5.75 Å². The van der Waals surface area contributed by atoms with Gasteiger partial charge in [-0.3, -0.25) is 9.59 Å². The Labute approximate surface area is 171 Å². The van der Waals surface area contributed by atoms with Crippen LogP contribution in [0, 0.1) is 0 Å². The number of hydrogen-bond acceptors (Lipinski definition) is 4. The van der Waals surface area contributed by atoms with Crippen molar-refractivity contribution >= 4 is 11.8 Å². The predicted molar refractivity (Wildman–Crippen MR) is 109 cm³/mol. The first-order chi connectivity index (χ1) is 14.2. The molecule has 0 saturated carbocycles. The van der Waals surface area contributed by atoms with E-state index in [0.717, 1.165) is 25.2 Å². The summed E-state index contributed by atoms with van der Waals surface area (Å²) in [5.41, 5.74) is 1.32. The molecule has 2 saturated heterocycles. The van der Waals surface area contributed by atoms with Gasteiger partial charge in [0.25, 0.3) is 11.8 Å². The van der Waals surface area contributed by atoms with Gasteiger partial charge in [-0.15, -0.1) is 0 Å². The Morgan fingerprint density at radius 3 is 2.00 bits per heavy atom. The minimum absolute atomic E-state index is 0.0116. The number of rotatable bonds is 5. The lowest BCUT2D eigenvalue weighted by Gasteiger charge is -2.35. The summed E-state index contributed by atoms with van der Waals surface area (Å²) in [6.45, 7) is 3.52. The summed E-state index contributed by atoms with van der Waals surface area (Å²) in [4.78, 5) is 28.9. The van der Waals surface area contributed by atoms with E-state index in [-0.39, 0.29) is 17.9 Å². The monoisotopic (exact) mass is 394 g/mol. The Morgan fingerprint density at radius 2 is 1.45 bits per heavy atom. The van der Waals surface area contributed by atoms with Gasteiger partial charge in [-0.25, -0.2) is 0 Å². The van der Waals surface area contributed by atoms with Crippen molar-refractivity contribution < 1.29 is 19.1 Å². The average molecular weight is 394 g/mol. The van der Waals surface area contributed by atoms with E-state index in [9.17, 15) is 9.59 Å². The predicted octanol–water partition coefficient (Wildman–Crippen LogP) is 2.84. The van der Waals surface area contributed by atoms with Crippen molar-refractivity contribution in [3.05, 3.63) is 65.7 Å². The van der Waals surface area contributed by atoms with Gasteiger partial charge in [0.15, 0.2) is 0 Å². The third-order valence-corrected chi connectivity index (χ3v) is 5.44. The molecule has 0 aromatic heterocycles. The van der Waals surface area contributed by atoms with Crippen molar-refractivity contribution in [1.29, 1.82) is 0 Å². The number of carbonyl (C=O) groups excluding carboxylic acids is 2. The number of hydrogen-bond donors (Lipinski definition) is 0. The summed E-state index contributed by atoms with van der Waals surface area (Å²) < 4.78 is 11.3. The Hall–Kier alpha value is -2.86. The Balaban J connectivity index is 1.28. The molecule has 1 atom stereocenters. The van der Waals surface area contributed by atoms with Crippen molar-refractivity contribution in [1.82, 2.24) is 9.80 Å². The third-order valence-electron chi connectivity index (χ3n) is 5.44. The first-order valence-electron chi connectivity index (χ1n) is 10.2. The van der Waals surface area contributed by atoms with E-state index in [0.29, 0.717) is 43.9 Å². The molecule has 2 aliphatic rings. The van der Waals surface area contributed by atoms with Gasteiger partial charge in [-0.1, -0.05) is 18.2 Å². The standard InChI is InChI=1S/C23H26N2O4/c26-22(18-5-2-1-3-6-18)24-12-14-25(15-13-24)23(27)19-8-10-20(11-9-19)29-17-21-7-4-16-28-21/h1-3,5-6,8-11,21H,4,7,12-17H2/t21-/m0/s1. The molecule has 2 aromatic rings. The summed E-state index contributed by atoms with van der Waals surface area (Å²) in [7, 11) is 0. The molecule has 6 heteroatoms. The van der Waals surface area contributed by atoms with Crippen LogP contribution in [0.25, 0.3) is 0 Å². The summed E-state index contributed by atoms with van der Waals surface area (Å²) in [6, 6.07) is 16.5. The highest BCUT2D eigenvalue weighted by Gasteiger charge is 2.25. The number of nitrogens with zero attached hydrogens (tertiary/aromatic N) is 2. The molecule has 4 rings (SSSR count). The Bertz CT molecular complexity index is 824. The van der Waals surface area contributed by atoms with Crippen LogP contribution in [0.3, 0.4) is 0 Å². The maximum absolute atomic E-state index is 12.8. The van der Waals surface area contributed by atoms with Crippen molar-refractivity contribution in [2.75, 3.05) is 39.4 Å². The molecule has 2 amide bonds. The second kappa shape index (κ2) is 9.09. The first kappa shape index (κ1) is 19.5. The van der Waals surface area contributed by atoms with Crippen LogP contribution in [0.1, 0.15) is 33.6 Å². The summed E-state index contributed by atoms with van der Waals surface area (Å²) in [6.07, 6.45) is 2.30. The number of benzene rings is 2. The quantitative estimate of drug-likeness (QED) is 0.783. The zero-order chi connectivity index (χ0) is 20.1. The molecule has 2 fully saturated rings. The van der Waals surface area contributed by atoms with Crippen LogP contribution in [0.5, 0.6) is 5.75 Å². The molecular weight excluding hydrogens is 368 g/mol. The van der Waals surface area contributed by atoms with Crippen molar-refractivity contribution in [3.63, 3.8) is 0 Å². The fraction of sp³-hybridized carbons (Fsp3) is 0.391. The van der Waals surface area contributed by atoms with Crippen molar-refractivity contribution in [2.24, 2.45) is 0 Å². The molecule has 0 N–H and O–H groups in total. The Kier molecular flexibility index (Phi) is 6.10. The normalized spacial score (nSPS) is 19.2. The molecule has 0 spiro atoms. The highest BCUT2D eigenvalue weighted by molar-refractivity contribution is 5.96. The lowest BCUT2D eigenvalue weighted by molar-refractivity contribution is 0.0535. The number of piperazine rings is 1. The van der Waals surface area contributed by atoms with E-state index >= 15 is 0 Å². The lowest BCUT2D eigenvalue weighted by atomic mass is 10.1. The van der Waals surface area contributed by atoms with E-state index in [1.807, 2.05) is 42.5 Å². The molecule has 0 aliphatic carbocycles. The molecule has 0 unspecified atom stereocenters. The van der Waals surface area contributed by atoms with E-state index in [4.69, 9.17) is 9.47 Å². The molecule has 2 aromatic carbocycles. The van der Waals surface area contributed by atoms with Crippen LogP contribution < -0.4 is 4.74 Å². The molecule has 6 nitrogen and oxygen atoms in total. The first-order valence-corrected chi connectivity index (χ1v) is 10.2. The minimum Gasteiger partial charge on any atom is -0.491 e. The SMILES string of the molecule is O=C(c1ccccc1)N1CCN(C(=O)c2ccc(OC[C@@H]3CCCO3)cc2)CC1. The summed E-state index contributed by atoms with van der Waals surface area (Å²) in [5.74, 6) is 0.753. The van der Waals surface area contributed by atoms with Crippen molar-refractivity contribution in [2.45, 2.75) is 18.9 Å².